The van der Waals surface area contributed by atoms with Crippen LogP contribution in [0.2, 0.25) is 0 Å². The molecule has 0 bridgehead atoms. The highest BCUT2D eigenvalue weighted by molar-refractivity contribution is 5.79. The van der Waals surface area contributed by atoms with Crippen molar-refractivity contribution in [1.82, 2.24) is 4.90 Å². The molecule has 1 atom stereocenters. The number of halogens is 1. The minimum Gasteiger partial charge on any atom is -0.368 e. The summed E-state index contributed by atoms with van der Waals surface area (Å²) in [5, 5.41) is 0. The summed E-state index contributed by atoms with van der Waals surface area (Å²) in [5.74, 6) is -0.0941. The van der Waals surface area contributed by atoms with Gasteiger partial charge >= 0.3 is 0 Å². The summed E-state index contributed by atoms with van der Waals surface area (Å²) >= 11 is 0. The predicted molar refractivity (Wildman–Crippen MR) is 82.6 cm³/mol. The lowest BCUT2D eigenvalue weighted by molar-refractivity contribution is -0.135. The van der Waals surface area contributed by atoms with Crippen molar-refractivity contribution < 1.29 is 9.18 Å². The molecule has 0 aliphatic carbocycles. The van der Waals surface area contributed by atoms with Crippen LogP contribution in [0.3, 0.4) is 0 Å². The first-order valence-corrected chi connectivity index (χ1v) is 7.65. The van der Waals surface area contributed by atoms with Crippen molar-refractivity contribution in [2.75, 3.05) is 37.6 Å². The first-order chi connectivity index (χ1) is 10.2. The van der Waals surface area contributed by atoms with E-state index >= 15 is 0 Å². The van der Waals surface area contributed by atoms with Gasteiger partial charge < -0.3 is 15.5 Å². The second-order valence-corrected chi connectivity index (χ2v) is 5.51. The van der Waals surface area contributed by atoms with E-state index in [4.69, 9.17) is 5.73 Å². The van der Waals surface area contributed by atoms with Gasteiger partial charge in [0.15, 0.2) is 0 Å². The molecule has 1 unspecified atom stereocenters. The van der Waals surface area contributed by atoms with Crippen LogP contribution in [-0.4, -0.2) is 43.5 Å². The summed E-state index contributed by atoms with van der Waals surface area (Å²) in [6, 6.07) is 6.51. The summed E-state index contributed by atoms with van der Waals surface area (Å²) in [4.78, 5) is 16.5. The molecule has 21 heavy (non-hydrogen) atoms. The Balaban J connectivity index is 1.90. The Morgan fingerprint density at radius 1 is 1.24 bits per heavy atom. The largest absolute Gasteiger partial charge is 0.368 e. The number of rotatable bonds is 5. The molecule has 0 radical (unpaired) electrons. The molecule has 1 fully saturated rings. The minimum absolute atomic E-state index is 0.0487. The molecular weight excluding hydrogens is 269 g/mol. The number of anilines is 1. The molecular formula is C16H24FN3O. The molecule has 0 saturated carbocycles. The van der Waals surface area contributed by atoms with E-state index in [1.165, 1.54) is 12.1 Å². The second kappa shape index (κ2) is 7.41. The van der Waals surface area contributed by atoms with Crippen molar-refractivity contribution in [1.29, 1.82) is 0 Å². The first kappa shape index (κ1) is 15.8. The Morgan fingerprint density at radius 2 is 1.86 bits per heavy atom. The lowest BCUT2D eigenvalue weighted by Crippen LogP contribution is -2.51. The van der Waals surface area contributed by atoms with Crippen molar-refractivity contribution in [3.63, 3.8) is 0 Å². The predicted octanol–water partition coefficient (Wildman–Crippen LogP) is 1.85. The van der Waals surface area contributed by atoms with E-state index in [1.54, 1.807) is 12.1 Å². The fourth-order valence-electron chi connectivity index (χ4n) is 2.79. The molecule has 0 spiro atoms. The summed E-state index contributed by atoms with van der Waals surface area (Å²) in [6.07, 6.45) is 1.83. The second-order valence-electron chi connectivity index (χ2n) is 5.51. The molecule has 2 rings (SSSR count). The standard InChI is InChI=1S/C16H24FN3O/c1-2-3-13(12-18)16(21)20-10-8-19(9-11-20)15-6-4-14(17)5-7-15/h4-7,13H,2-3,8-12,18H2,1H3. The minimum atomic E-state index is -0.224. The SMILES string of the molecule is CCCC(CN)C(=O)N1CCN(c2ccc(F)cc2)CC1. The molecule has 1 aromatic carbocycles. The third-order valence-electron chi connectivity index (χ3n) is 4.05. The van der Waals surface area contributed by atoms with Crippen LogP contribution < -0.4 is 10.6 Å². The Hall–Kier alpha value is -1.62. The Kier molecular flexibility index (Phi) is 5.56. The maximum Gasteiger partial charge on any atom is 0.227 e. The van der Waals surface area contributed by atoms with Gasteiger partial charge in [0.2, 0.25) is 5.91 Å². The molecule has 0 aromatic heterocycles. The van der Waals surface area contributed by atoms with E-state index in [1.807, 2.05) is 4.90 Å². The number of carbonyl (C=O) groups excluding carboxylic acids is 1. The maximum atomic E-state index is 12.9. The molecule has 1 saturated heterocycles. The molecule has 5 heteroatoms. The van der Waals surface area contributed by atoms with Crippen LogP contribution in [-0.2, 0) is 4.79 Å². The number of carbonyl (C=O) groups is 1. The van der Waals surface area contributed by atoms with Crippen LogP contribution in [0.1, 0.15) is 19.8 Å². The first-order valence-electron chi connectivity index (χ1n) is 7.65. The van der Waals surface area contributed by atoms with Crippen molar-refractivity contribution in [2.24, 2.45) is 11.7 Å². The average molecular weight is 293 g/mol. The topological polar surface area (TPSA) is 49.6 Å². The van der Waals surface area contributed by atoms with E-state index < -0.39 is 0 Å². The van der Waals surface area contributed by atoms with Gasteiger partial charge in [0, 0.05) is 38.4 Å². The van der Waals surface area contributed by atoms with E-state index in [-0.39, 0.29) is 17.6 Å². The monoisotopic (exact) mass is 293 g/mol. The van der Waals surface area contributed by atoms with E-state index in [0.29, 0.717) is 19.6 Å². The van der Waals surface area contributed by atoms with Gasteiger partial charge in [-0.2, -0.15) is 0 Å². The number of amides is 1. The van der Waals surface area contributed by atoms with E-state index in [2.05, 4.69) is 11.8 Å². The zero-order valence-corrected chi connectivity index (χ0v) is 12.6. The molecule has 116 valence electrons. The van der Waals surface area contributed by atoms with E-state index in [0.717, 1.165) is 31.6 Å². The third kappa shape index (κ3) is 3.94. The zero-order valence-electron chi connectivity index (χ0n) is 12.6. The van der Waals surface area contributed by atoms with Gasteiger partial charge in [-0.05, 0) is 30.7 Å². The lowest BCUT2D eigenvalue weighted by atomic mass is 10.0. The van der Waals surface area contributed by atoms with Crippen molar-refractivity contribution in [2.45, 2.75) is 19.8 Å². The number of nitrogens with two attached hydrogens (primary N) is 1. The molecule has 1 heterocycles. The molecule has 4 nitrogen and oxygen atoms in total. The maximum absolute atomic E-state index is 12.9. The van der Waals surface area contributed by atoms with Crippen LogP contribution in [0.15, 0.2) is 24.3 Å². The number of hydrogen-bond acceptors (Lipinski definition) is 3. The van der Waals surface area contributed by atoms with Crippen LogP contribution in [0.5, 0.6) is 0 Å². The zero-order chi connectivity index (χ0) is 15.2. The quantitative estimate of drug-likeness (QED) is 0.901. The van der Waals surface area contributed by atoms with Gasteiger partial charge in [-0.3, -0.25) is 4.79 Å². The number of benzene rings is 1. The van der Waals surface area contributed by atoms with Gasteiger partial charge in [0.1, 0.15) is 5.82 Å². The van der Waals surface area contributed by atoms with Crippen LogP contribution >= 0.6 is 0 Å². The Labute approximate surface area is 125 Å². The third-order valence-corrected chi connectivity index (χ3v) is 4.05. The van der Waals surface area contributed by atoms with Crippen LogP contribution in [0, 0.1) is 11.7 Å². The molecule has 1 amide bonds. The summed E-state index contributed by atoms with van der Waals surface area (Å²) in [5.41, 5.74) is 6.71. The Bertz CT molecular complexity index is 455. The fourth-order valence-corrected chi connectivity index (χ4v) is 2.79. The lowest BCUT2D eigenvalue weighted by Gasteiger charge is -2.37. The highest BCUT2D eigenvalue weighted by Crippen LogP contribution is 2.18. The van der Waals surface area contributed by atoms with Crippen molar-refractivity contribution >= 4 is 11.6 Å². The molecule has 1 aliphatic heterocycles. The van der Waals surface area contributed by atoms with Gasteiger partial charge in [-0.1, -0.05) is 13.3 Å². The molecule has 1 aromatic rings. The number of piperazine rings is 1. The Morgan fingerprint density at radius 3 is 2.38 bits per heavy atom. The van der Waals surface area contributed by atoms with Crippen LogP contribution in [0.25, 0.3) is 0 Å². The van der Waals surface area contributed by atoms with Crippen molar-refractivity contribution in [3.8, 4) is 0 Å². The molecule has 2 N–H and O–H groups in total. The fraction of sp³-hybridized carbons (Fsp3) is 0.562. The van der Waals surface area contributed by atoms with Gasteiger partial charge in [0.25, 0.3) is 0 Å². The number of hydrogen-bond donors (Lipinski definition) is 1. The summed E-state index contributed by atoms with van der Waals surface area (Å²) < 4.78 is 12.9. The van der Waals surface area contributed by atoms with Crippen molar-refractivity contribution in [3.05, 3.63) is 30.1 Å². The van der Waals surface area contributed by atoms with Gasteiger partial charge in [-0.25, -0.2) is 4.39 Å². The summed E-state index contributed by atoms with van der Waals surface area (Å²) in [7, 11) is 0. The molecule has 1 aliphatic rings. The highest BCUT2D eigenvalue weighted by atomic mass is 19.1. The highest BCUT2D eigenvalue weighted by Gasteiger charge is 2.26. The van der Waals surface area contributed by atoms with Gasteiger partial charge in [0.05, 0.1) is 5.92 Å². The number of nitrogens with zero attached hydrogens (tertiary/aromatic N) is 2. The van der Waals surface area contributed by atoms with Gasteiger partial charge in [-0.15, -0.1) is 0 Å². The normalized spacial score (nSPS) is 16.9. The average Bonchev–Trinajstić information content (AvgIpc) is 2.53. The smallest absolute Gasteiger partial charge is 0.227 e. The van der Waals surface area contributed by atoms with Crippen LogP contribution in [0.4, 0.5) is 10.1 Å². The summed E-state index contributed by atoms with van der Waals surface area (Å²) in [6.45, 7) is 5.46. The van der Waals surface area contributed by atoms with E-state index in [9.17, 15) is 9.18 Å².